The number of benzene rings is 1. The number of hydrogen-bond acceptors (Lipinski definition) is 2. The Morgan fingerprint density at radius 2 is 2.18 bits per heavy atom. The molecule has 2 rings (SSSR count). The number of nitrogens with one attached hydrogen (secondary N) is 1. The van der Waals surface area contributed by atoms with E-state index >= 15 is 0 Å². The van der Waals surface area contributed by atoms with Gasteiger partial charge >= 0.3 is 0 Å². The van der Waals surface area contributed by atoms with E-state index in [2.05, 4.69) is 21.2 Å². The van der Waals surface area contributed by atoms with Crippen LogP contribution in [0.15, 0.2) is 24.3 Å². The fourth-order valence-electron chi connectivity index (χ4n) is 2.13. The molecule has 4 heteroatoms. The maximum Gasteiger partial charge on any atom is 0.251 e. The zero-order chi connectivity index (χ0) is 12.1. The van der Waals surface area contributed by atoms with Gasteiger partial charge in [0.15, 0.2) is 0 Å². The SMILES string of the molecule is O=C(NC1CCCC1)c1cccc(OCBr)c1. The minimum Gasteiger partial charge on any atom is -0.482 e. The molecule has 17 heavy (non-hydrogen) atoms. The first-order valence-corrected chi connectivity index (χ1v) is 7.01. The number of rotatable bonds is 4. The van der Waals surface area contributed by atoms with E-state index < -0.39 is 0 Å². The Balaban J connectivity index is 1.99. The van der Waals surface area contributed by atoms with E-state index in [1.165, 1.54) is 12.8 Å². The summed E-state index contributed by atoms with van der Waals surface area (Å²) < 4.78 is 5.30. The minimum atomic E-state index is -0.00285. The lowest BCUT2D eigenvalue weighted by Crippen LogP contribution is -2.32. The van der Waals surface area contributed by atoms with Crippen LogP contribution in [0, 0.1) is 0 Å². The normalized spacial score (nSPS) is 15.8. The molecule has 1 saturated carbocycles. The van der Waals surface area contributed by atoms with Gasteiger partial charge in [-0.25, -0.2) is 0 Å². The molecule has 92 valence electrons. The molecule has 1 aliphatic rings. The number of alkyl halides is 1. The summed E-state index contributed by atoms with van der Waals surface area (Å²) in [5.74, 6) is 0.706. The van der Waals surface area contributed by atoms with E-state index in [9.17, 15) is 4.79 Å². The van der Waals surface area contributed by atoms with Gasteiger partial charge in [0.05, 0.1) is 0 Å². The molecule has 0 saturated heterocycles. The van der Waals surface area contributed by atoms with Gasteiger partial charge in [-0.1, -0.05) is 18.9 Å². The fraction of sp³-hybridized carbons (Fsp3) is 0.462. The average molecular weight is 298 g/mol. The Hall–Kier alpha value is -1.03. The predicted octanol–water partition coefficient (Wildman–Crippen LogP) is 3.09. The van der Waals surface area contributed by atoms with Crippen molar-refractivity contribution >= 4 is 21.8 Å². The largest absolute Gasteiger partial charge is 0.482 e. The Bertz CT molecular complexity index is 389. The molecule has 3 nitrogen and oxygen atoms in total. The minimum absolute atomic E-state index is 0.00285. The zero-order valence-electron chi connectivity index (χ0n) is 9.62. The molecule has 1 aliphatic carbocycles. The molecule has 0 unspecified atom stereocenters. The summed E-state index contributed by atoms with van der Waals surface area (Å²) in [5.41, 5.74) is 1.09. The molecule has 1 aromatic rings. The van der Waals surface area contributed by atoms with Crippen LogP contribution in [-0.4, -0.2) is 17.5 Å². The summed E-state index contributed by atoms with van der Waals surface area (Å²) in [6.07, 6.45) is 4.64. The van der Waals surface area contributed by atoms with E-state index in [1.54, 1.807) is 6.07 Å². The van der Waals surface area contributed by atoms with Crippen LogP contribution < -0.4 is 10.1 Å². The fourth-order valence-corrected chi connectivity index (χ4v) is 2.39. The van der Waals surface area contributed by atoms with Crippen LogP contribution in [0.2, 0.25) is 0 Å². The van der Waals surface area contributed by atoms with Crippen LogP contribution in [0.4, 0.5) is 0 Å². The average Bonchev–Trinajstić information content (AvgIpc) is 2.83. The second kappa shape index (κ2) is 6.05. The van der Waals surface area contributed by atoms with Crippen molar-refractivity contribution in [1.82, 2.24) is 5.32 Å². The van der Waals surface area contributed by atoms with Crippen molar-refractivity contribution in [3.63, 3.8) is 0 Å². The second-order valence-electron chi connectivity index (χ2n) is 4.24. The standard InChI is InChI=1S/C13H16BrNO2/c14-9-17-12-7-3-4-10(8-12)13(16)15-11-5-1-2-6-11/h3-4,7-8,11H,1-2,5-6,9H2,(H,15,16). The van der Waals surface area contributed by atoms with Crippen LogP contribution in [0.1, 0.15) is 36.0 Å². The molecule has 1 aromatic carbocycles. The lowest BCUT2D eigenvalue weighted by Gasteiger charge is -2.12. The van der Waals surface area contributed by atoms with Crippen molar-refractivity contribution in [2.45, 2.75) is 31.7 Å². The van der Waals surface area contributed by atoms with Crippen LogP contribution in [0.5, 0.6) is 5.75 Å². The van der Waals surface area contributed by atoms with Crippen LogP contribution in [0.25, 0.3) is 0 Å². The molecule has 1 amide bonds. The number of ether oxygens (including phenoxy) is 1. The number of carbonyl (C=O) groups is 1. The van der Waals surface area contributed by atoms with Crippen molar-refractivity contribution in [3.8, 4) is 5.75 Å². The molecule has 0 radical (unpaired) electrons. The number of carbonyl (C=O) groups excluding carboxylic acids is 1. The topological polar surface area (TPSA) is 38.3 Å². The first kappa shape index (κ1) is 12.4. The highest BCUT2D eigenvalue weighted by atomic mass is 79.9. The van der Waals surface area contributed by atoms with Gasteiger partial charge < -0.3 is 10.1 Å². The third-order valence-corrected chi connectivity index (χ3v) is 3.24. The second-order valence-corrected chi connectivity index (χ2v) is 4.69. The zero-order valence-corrected chi connectivity index (χ0v) is 11.2. The summed E-state index contributed by atoms with van der Waals surface area (Å²) in [4.78, 5) is 12.0. The van der Waals surface area contributed by atoms with Gasteiger partial charge in [0.1, 0.15) is 11.3 Å². The Morgan fingerprint density at radius 3 is 2.88 bits per heavy atom. The van der Waals surface area contributed by atoms with E-state index in [-0.39, 0.29) is 5.91 Å². The number of halogens is 1. The van der Waals surface area contributed by atoms with Crippen molar-refractivity contribution < 1.29 is 9.53 Å². The molecule has 0 bridgehead atoms. The van der Waals surface area contributed by atoms with Crippen molar-refractivity contribution in [2.75, 3.05) is 5.52 Å². The highest BCUT2D eigenvalue weighted by molar-refractivity contribution is 9.09. The van der Waals surface area contributed by atoms with Gasteiger partial charge in [-0.15, -0.1) is 0 Å². The molecular weight excluding hydrogens is 282 g/mol. The molecule has 0 aliphatic heterocycles. The van der Waals surface area contributed by atoms with Gasteiger partial charge in [0.25, 0.3) is 5.91 Å². The van der Waals surface area contributed by atoms with E-state index in [4.69, 9.17) is 4.74 Å². The maximum absolute atomic E-state index is 12.0. The highest BCUT2D eigenvalue weighted by Gasteiger charge is 2.17. The molecule has 1 N–H and O–H groups in total. The monoisotopic (exact) mass is 297 g/mol. The molecule has 0 aromatic heterocycles. The van der Waals surface area contributed by atoms with Crippen LogP contribution in [0.3, 0.4) is 0 Å². The van der Waals surface area contributed by atoms with Crippen molar-refractivity contribution in [3.05, 3.63) is 29.8 Å². The summed E-state index contributed by atoms with van der Waals surface area (Å²) in [6.45, 7) is 0. The van der Waals surface area contributed by atoms with Gasteiger partial charge in [-0.2, -0.15) is 0 Å². The van der Waals surface area contributed by atoms with E-state index in [0.717, 1.165) is 12.8 Å². The smallest absolute Gasteiger partial charge is 0.251 e. The van der Waals surface area contributed by atoms with Crippen LogP contribution >= 0.6 is 15.9 Å². The summed E-state index contributed by atoms with van der Waals surface area (Å²) in [5, 5.41) is 3.06. The highest BCUT2D eigenvalue weighted by Crippen LogP contribution is 2.19. The lowest BCUT2D eigenvalue weighted by molar-refractivity contribution is 0.0937. The first-order valence-electron chi connectivity index (χ1n) is 5.89. The molecule has 0 atom stereocenters. The van der Waals surface area contributed by atoms with Crippen LogP contribution in [-0.2, 0) is 0 Å². The summed E-state index contributed by atoms with van der Waals surface area (Å²) in [7, 11) is 0. The van der Waals surface area contributed by atoms with E-state index in [0.29, 0.717) is 22.9 Å². The number of amides is 1. The first-order chi connectivity index (χ1) is 8.29. The lowest BCUT2D eigenvalue weighted by atomic mass is 10.1. The van der Waals surface area contributed by atoms with Gasteiger partial charge in [0.2, 0.25) is 0 Å². The van der Waals surface area contributed by atoms with Gasteiger partial charge in [-0.05, 0) is 47.0 Å². The third kappa shape index (κ3) is 3.46. The van der Waals surface area contributed by atoms with E-state index in [1.807, 2.05) is 18.2 Å². The Labute approximate surface area is 110 Å². The molecule has 0 spiro atoms. The third-order valence-electron chi connectivity index (χ3n) is 3.01. The van der Waals surface area contributed by atoms with Crippen molar-refractivity contribution in [2.24, 2.45) is 0 Å². The molecule has 1 fully saturated rings. The maximum atomic E-state index is 12.0. The predicted molar refractivity (Wildman–Crippen MR) is 70.6 cm³/mol. The number of hydrogen-bond donors (Lipinski definition) is 1. The quantitative estimate of drug-likeness (QED) is 0.868. The Kier molecular flexibility index (Phi) is 4.42. The van der Waals surface area contributed by atoms with Gasteiger partial charge in [-0.3, -0.25) is 4.79 Å². The molecule has 0 heterocycles. The van der Waals surface area contributed by atoms with Gasteiger partial charge in [0, 0.05) is 11.6 Å². The van der Waals surface area contributed by atoms with Crippen molar-refractivity contribution in [1.29, 1.82) is 0 Å². The Morgan fingerprint density at radius 1 is 1.41 bits per heavy atom. The summed E-state index contributed by atoms with van der Waals surface area (Å²) >= 11 is 3.20. The molecular formula is C13H16BrNO2. The summed E-state index contributed by atoms with van der Waals surface area (Å²) in [6, 6.07) is 7.61.